The first-order valence-electron chi connectivity index (χ1n) is 5.72. The van der Waals surface area contributed by atoms with Crippen LogP contribution in [0.25, 0.3) is 10.8 Å². The number of hydrogen-bond acceptors (Lipinski definition) is 4. The molecule has 6 nitrogen and oxygen atoms in total. The van der Waals surface area contributed by atoms with Crippen molar-refractivity contribution in [1.29, 1.82) is 0 Å². The van der Waals surface area contributed by atoms with Crippen molar-refractivity contribution >= 4 is 34.2 Å². The van der Waals surface area contributed by atoms with E-state index in [-0.39, 0.29) is 10.7 Å². The van der Waals surface area contributed by atoms with Crippen LogP contribution in [-0.4, -0.2) is 39.7 Å². The molecule has 1 atom stereocenters. The number of hydrogen-bond donors (Lipinski definition) is 3. The van der Waals surface area contributed by atoms with Gasteiger partial charge in [0.1, 0.15) is 5.15 Å². The summed E-state index contributed by atoms with van der Waals surface area (Å²) in [6.45, 7) is -0.694. The summed E-state index contributed by atoms with van der Waals surface area (Å²) in [5.74, 6) is -1.95. The van der Waals surface area contributed by atoms with Gasteiger partial charge in [0, 0.05) is 11.6 Å². The Morgan fingerprint density at radius 3 is 2.55 bits per heavy atom. The summed E-state index contributed by atoms with van der Waals surface area (Å²) in [6.07, 6.45) is 1.27. The number of aliphatic carboxylic acids is 1. The maximum absolute atomic E-state index is 12.1. The Hall–Kier alpha value is -2.18. The molecule has 7 heteroatoms. The van der Waals surface area contributed by atoms with Crippen molar-refractivity contribution < 1.29 is 19.8 Å². The minimum atomic E-state index is -1.36. The van der Waals surface area contributed by atoms with Crippen LogP contribution in [0.2, 0.25) is 5.15 Å². The van der Waals surface area contributed by atoms with Crippen LogP contribution < -0.4 is 5.32 Å². The first-order valence-corrected chi connectivity index (χ1v) is 6.10. The molecule has 0 spiro atoms. The maximum Gasteiger partial charge on any atom is 0.328 e. The SMILES string of the molecule is O=C(N[C@H](CO)C(=O)O)c1cnc(Cl)c2ccccc12. The third-order valence-electron chi connectivity index (χ3n) is 2.78. The Bertz CT molecular complexity index is 674. The highest BCUT2D eigenvalue weighted by molar-refractivity contribution is 6.34. The van der Waals surface area contributed by atoms with Crippen LogP contribution in [0.4, 0.5) is 0 Å². The van der Waals surface area contributed by atoms with Crippen molar-refractivity contribution in [3.63, 3.8) is 0 Å². The number of carboxylic acids is 1. The number of aliphatic hydroxyl groups excluding tert-OH is 1. The summed E-state index contributed by atoms with van der Waals surface area (Å²) in [4.78, 5) is 26.8. The third-order valence-corrected chi connectivity index (χ3v) is 3.08. The lowest BCUT2D eigenvalue weighted by atomic mass is 10.1. The molecule has 0 saturated carbocycles. The first-order chi connectivity index (χ1) is 9.54. The van der Waals surface area contributed by atoms with Gasteiger partial charge in [-0.15, -0.1) is 0 Å². The summed E-state index contributed by atoms with van der Waals surface area (Å²) >= 11 is 5.94. The third kappa shape index (κ3) is 2.71. The molecule has 0 aliphatic carbocycles. The minimum Gasteiger partial charge on any atom is -0.480 e. The zero-order valence-electron chi connectivity index (χ0n) is 10.2. The zero-order chi connectivity index (χ0) is 14.7. The molecule has 1 aromatic carbocycles. The average Bonchev–Trinajstić information content (AvgIpc) is 2.45. The molecular weight excluding hydrogens is 284 g/mol. The molecule has 0 aliphatic heterocycles. The molecule has 0 fully saturated rings. The normalized spacial score (nSPS) is 12.1. The smallest absolute Gasteiger partial charge is 0.328 e. The Morgan fingerprint density at radius 1 is 1.30 bits per heavy atom. The molecule has 3 N–H and O–H groups in total. The van der Waals surface area contributed by atoms with Crippen LogP contribution in [-0.2, 0) is 4.79 Å². The number of fused-ring (bicyclic) bond motifs is 1. The minimum absolute atomic E-state index is 0.199. The van der Waals surface area contributed by atoms with E-state index in [0.717, 1.165) is 0 Å². The van der Waals surface area contributed by atoms with E-state index in [1.165, 1.54) is 6.20 Å². The molecule has 0 aliphatic rings. The Labute approximate surface area is 119 Å². The van der Waals surface area contributed by atoms with Gasteiger partial charge in [-0.05, 0) is 5.39 Å². The van der Waals surface area contributed by atoms with Gasteiger partial charge in [-0.1, -0.05) is 35.9 Å². The summed E-state index contributed by atoms with van der Waals surface area (Å²) in [5, 5.41) is 21.4. The molecule has 2 rings (SSSR count). The fourth-order valence-corrected chi connectivity index (χ4v) is 1.97. The zero-order valence-corrected chi connectivity index (χ0v) is 11.0. The lowest BCUT2D eigenvalue weighted by Gasteiger charge is -2.13. The second kappa shape index (κ2) is 5.85. The van der Waals surface area contributed by atoms with Gasteiger partial charge >= 0.3 is 5.97 Å². The number of aromatic nitrogens is 1. The summed E-state index contributed by atoms with van der Waals surface area (Å²) in [7, 11) is 0. The van der Waals surface area contributed by atoms with Gasteiger partial charge in [0.05, 0.1) is 12.2 Å². The van der Waals surface area contributed by atoms with E-state index in [4.69, 9.17) is 21.8 Å². The summed E-state index contributed by atoms with van der Waals surface area (Å²) in [6, 6.07) is 5.52. The van der Waals surface area contributed by atoms with Crippen molar-refractivity contribution in [1.82, 2.24) is 10.3 Å². The molecule has 1 heterocycles. The van der Waals surface area contributed by atoms with E-state index in [2.05, 4.69) is 10.3 Å². The Balaban J connectivity index is 2.40. The second-order valence-electron chi connectivity index (χ2n) is 4.06. The van der Waals surface area contributed by atoms with E-state index >= 15 is 0 Å². The second-order valence-corrected chi connectivity index (χ2v) is 4.41. The highest BCUT2D eigenvalue weighted by Crippen LogP contribution is 2.24. The van der Waals surface area contributed by atoms with E-state index in [0.29, 0.717) is 10.8 Å². The Kier molecular flexibility index (Phi) is 4.16. The highest BCUT2D eigenvalue weighted by Gasteiger charge is 2.21. The maximum atomic E-state index is 12.1. The van der Waals surface area contributed by atoms with Crippen molar-refractivity contribution in [3.8, 4) is 0 Å². The van der Waals surface area contributed by atoms with Crippen LogP contribution in [0.15, 0.2) is 30.5 Å². The first kappa shape index (κ1) is 14.2. The number of benzene rings is 1. The molecule has 0 unspecified atom stereocenters. The van der Waals surface area contributed by atoms with Crippen LogP contribution in [0.1, 0.15) is 10.4 Å². The number of carboxylic acid groups (broad SMARTS) is 1. The largest absolute Gasteiger partial charge is 0.480 e. The molecule has 20 heavy (non-hydrogen) atoms. The molecule has 2 aromatic rings. The molecule has 1 amide bonds. The van der Waals surface area contributed by atoms with Gasteiger partial charge in [0.25, 0.3) is 5.91 Å². The number of aliphatic hydroxyl groups is 1. The predicted molar refractivity (Wildman–Crippen MR) is 72.7 cm³/mol. The van der Waals surface area contributed by atoms with Gasteiger partial charge in [-0.2, -0.15) is 0 Å². The highest BCUT2D eigenvalue weighted by atomic mass is 35.5. The number of carbonyl (C=O) groups excluding carboxylic acids is 1. The van der Waals surface area contributed by atoms with Gasteiger partial charge in [-0.25, -0.2) is 9.78 Å². The monoisotopic (exact) mass is 294 g/mol. The van der Waals surface area contributed by atoms with E-state index in [9.17, 15) is 9.59 Å². The molecule has 104 valence electrons. The number of pyridine rings is 1. The van der Waals surface area contributed by atoms with Crippen molar-refractivity contribution in [3.05, 3.63) is 41.2 Å². The molecule has 1 aromatic heterocycles. The number of carbonyl (C=O) groups is 2. The van der Waals surface area contributed by atoms with Crippen molar-refractivity contribution in [2.45, 2.75) is 6.04 Å². The van der Waals surface area contributed by atoms with Gasteiger partial charge in [-0.3, -0.25) is 4.79 Å². The predicted octanol–water partition coefficient (Wildman–Crippen LogP) is 1.06. The molecule has 0 saturated heterocycles. The standard InChI is InChI=1S/C13H11ClN2O4/c14-11-8-4-2-1-3-7(8)9(5-15-11)12(18)16-10(6-17)13(19)20/h1-5,10,17H,6H2,(H,16,18)(H,19,20)/t10-/m1/s1. The number of nitrogens with one attached hydrogen (secondary N) is 1. The van der Waals surface area contributed by atoms with Crippen LogP contribution in [0.3, 0.4) is 0 Å². The molecule has 0 radical (unpaired) electrons. The number of amides is 1. The lowest BCUT2D eigenvalue weighted by Crippen LogP contribution is -2.43. The van der Waals surface area contributed by atoms with E-state index in [1.54, 1.807) is 24.3 Å². The fraction of sp³-hybridized carbons (Fsp3) is 0.154. The quantitative estimate of drug-likeness (QED) is 0.732. The summed E-state index contributed by atoms with van der Waals surface area (Å²) in [5.41, 5.74) is 0.199. The number of rotatable bonds is 4. The molecular formula is C13H11ClN2O4. The van der Waals surface area contributed by atoms with Crippen LogP contribution >= 0.6 is 11.6 Å². The van der Waals surface area contributed by atoms with Crippen LogP contribution in [0.5, 0.6) is 0 Å². The van der Waals surface area contributed by atoms with Gasteiger partial charge in [0.15, 0.2) is 6.04 Å². The topological polar surface area (TPSA) is 99.5 Å². The van der Waals surface area contributed by atoms with Gasteiger partial charge in [0.2, 0.25) is 0 Å². The summed E-state index contributed by atoms with van der Waals surface area (Å²) < 4.78 is 0. The van der Waals surface area contributed by atoms with Crippen LogP contribution in [0, 0.1) is 0 Å². The number of nitrogens with zero attached hydrogens (tertiary/aromatic N) is 1. The molecule has 0 bridgehead atoms. The van der Waals surface area contributed by atoms with E-state index < -0.39 is 24.5 Å². The average molecular weight is 295 g/mol. The fourth-order valence-electron chi connectivity index (χ4n) is 1.76. The van der Waals surface area contributed by atoms with Crippen molar-refractivity contribution in [2.75, 3.05) is 6.61 Å². The van der Waals surface area contributed by atoms with Crippen molar-refractivity contribution in [2.24, 2.45) is 0 Å². The lowest BCUT2D eigenvalue weighted by molar-refractivity contribution is -0.140. The number of halogens is 1. The Morgan fingerprint density at radius 2 is 1.95 bits per heavy atom. The van der Waals surface area contributed by atoms with Gasteiger partial charge < -0.3 is 15.5 Å². The van der Waals surface area contributed by atoms with E-state index in [1.807, 2.05) is 0 Å².